The summed E-state index contributed by atoms with van der Waals surface area (Å²) >= 11 is 0. The van der Waals surface area contributed by atoms with Crippen molar-refractivity contribution < 1.29 is 19.1 Å². The van der Waals surface area contributed by atoms with Crippen LogP contribution in [0.15, 0.2) is 42.5 Å². The van der Waals surface area contributed by atoms with Crippen molar-refractivity contribution >= 4 is 17.5 Å². The highest BCUT2D eigenvalue weighted by molar-refractivity contribution is 5.94. The van der Waals surface area contributed by atoms with Gasteiger partial charge in [0.2, 0.25) is 5.91 Å². The van der Waals surface area contributed by atoms with Crippen molar-refractivity contribution in [3.05, 3.63) is 53.6 Å². The number of aryl methyl sites for hydroxylation is 1. The van der Waals surface area contributed by atoms with Gasteiger partial charge in [-0.05, 0) is 60.7 Å². The molecule has 0 radical (unpaired) electrons. The van der Waals surface area contributed by atoms with Crippen molar-refractivity contribution in [3.63, 3.8) is 0 Å². The number of carbonyl (C=O) groups excluding carboxylic acids is 2. The number of anilines is 1. The highest BCUT2D eigenvalue weighted by atomic mass is 16.5. The van der Waals surface area contributed by atoms with Crippen molar-refractivity contribution in [2.45, 2.75) is 31.7 Å². The van der Waals surface area contributed by atoms with Gasteiger partial charge in [0.05, 0.1) is 13.2 Å². The number of nitrogens with zero attached hydrogens (tertiary/aromatic N) is 1. The van der Waals surface area contributed by atoms with Crippen LogP contribution in [0.25, 0.3) is 0 Å². The molecule has 6 nitrogen and oxygen atoms in total. The molecule has 0 aliphatic carbocycles. The summed E-state index contributed by atoms with van der Waals surface area (Å²) in [6.07, 6.45) is 3.09. The van der Waals surface area contributed by atoms with E-state index in [0.29, 0.717) is 18.6 Å². The van der Waals surface area contributed by atoms with Crippen LogP contribution in [-0.4, -0.2) is 37.0 Å². The average Bonchev–Trinajstić information content (AvgIpc) is 3.22. The van der Waals surface area contributed by atoms with Crippen molar-refractivity contribution in [1.82, 2.24) is 4.90 Å². The van der Waals surface area contributed by atoms with E-state index in [1.54, 1.807) is 13.2 Å². The van der Waals surface area contributed by atoms with Crippen LogP contribution in [0.1, 0.15) is 36.4 Å². The Balaban J connectivity index is 1.41. The first kappa shape index (κ1) is 18.3. The number of fused-ring (bicyclic) bond motifs is 1. The Morgan fingerprint density at radius 1 is 1.18 bits per heavy atom. The zero-order valence-electron chi connectivity index (χ0n) is 15.9. The van der Waals surface area contributed by atoms with Gasteiger partial charge in [-0.25, -0.2) is 0 Å². The maximum atomic E-state index is 12.8. The van der Waals surface area contributed by atoms with Gasteiger partial charge in [-0.15, -0.1) is 0 Å². The summed E-state index contributed by atoms with van der Waals surface area (Å²) in [6, 6.07) is 13.5. The Bertz CT molecular complexity index is 896. The van der Waals surface area contributed by atoms with Gasteiger partial charge in [0.1, 0.15) is 11.5 Å². The molecule has 2 aliphatic heterocycles. The number of benzene rings is 2. The van der Waals surface area contributed by atoms with Gasteiger partial charge in [0.25, 0.3) is 5.91 Å². The minimum absolute atomic E-state index is 0.00557. The molecule has 1 saturated heterocycles. The lowest BCUT2D eigenvalue weighted by atomic mass is 10.0. The van der Waals surface area contributed by atoms with E-state index < -0.39 is 0 Å². The van der Waals surface area contributed by atoms with E-state index in [4.69, 9.17) is 9.47 Å². The van der Waals surface area contributed by atoms with Gasteiger partial charge in [0.15, 0.2) is 6.61 Å². The minimum atomic E-state index is -0.0173. The van der Waals surface area contributed by atoms with Gasteiger partial charge in [-0.1, -0.05) is 12.1 Å². The summed E-state index contributed by atoms with van der Waals surface area (Å²) in [4.78, 5) is 26.2. The lowest BCUT2D eigenvalue weighted by molar-refractivity contribution is -0.134. The first-order chi connectivity index (χ1) is 13.6. The van der Waals surface area contributed by atoms with E-state index >= 15 is 0 Å². The Labute approximate surface area is 164 Å². The predicted molar refractivity (Wildman–Crippen MR) is 106 cm³/mol. The zero-order chi connectivity index (χ0) is 19.5. The quantitative estimate of drug-likeness (QED) is 0.864. The highest BCUT2D eigenvalue weighted by Crippen LogP contribution is 2.33. The van der Waals surface area contributed by atoms with E-state index in [1.165, 1.54) is 0 Å². The molecule has 1 unspecified atom stereocenters. The second-order valence-corrected chi connectivity index (χ2v) is 7.18. The van der Waals surface area contributed by atoms with Gasteiger partial charge < -0.3 is 19.7 Å². The monoisotopic (exact) mass is 380 g/mol. The number of carbonyl (C=O) groups is 2. The van der Waals surface area contributed by atoms with E-state index in [1.807, 2.05) is 41.3 Å². The molecule has 1 N–H and O–H groups in total. The molecule has 0 aromatic heterocycles. The number of hydrogen-bond donors (Lipinski definition) is 1. The van der Waals surface area contributed by atoms with Crippen LogP contribution < -0.4 is 14.8 Å². The first-order valence-corrected chi connectivity index (χ1v) is 9.63. The van der Waals surface area contributed by atoms with E-state index in [9.17, 15) is 9.59 Å². The molecule has 0 spiro atoms. The predicted octanol–water partition coefficient (Wildman–Crippen LogP) is 3.32. The first-order valence-electron chi connectivity index (χ1n) is 9.63. The van der Waals surface area contributed by atoms with Gasteiger partial charge in [-0.2, -0.15) is 0 Å². The molecule has 1 fully saturated rings. The van der Waals surface area contributed by atoms with Gasteiger partial charge in [-0.3, -0.25) is 9.59 Å². The number of likely N-dealkylation sites (tertiary alicyclic amines) is 1. The van der Waals surface area contributed by atoms with Crippen LogP contribution in [0.5, 0.6) is 11.5 Å². The summed E-state index contributed by atoms with van der Waals surface area (Å²) in [5, 5.41) is 2.85. The molecule has 146 valence electrons. The molecule has 2 heterocycles. The molecule has 2 aliphatic rings. The van der Waals surface area contributed by atoms with Crippen LogP contribution in [0.3, 0.4) is 0 Å². The molecule has 4 rings (SSSR count). The van der Waals surface area contributed by atoms with Gasteiger partial charge >= 0.3 is 0 Å². The maximum absolute atomic E-state index is 12.8. The fraction of sp³-hybridized carbons (Fsp3) is 0.364. The summed E-state index contributed by atoms with van der Waals surface area (Å²) in [6.45, 7) is 0.742. The molecule has 0 bridgehead atoms. The molecule has 1 atom stereocenters. The number of rotatable bonds is 5. The lowest BCUT2D eigenvalue weighted by Crippen LogP contribution is -2.34. The highest BCUT2D eigenvalue weighted by Gasteiger charge is 2.30. The number of hydrogen-bond acceptors (Lipinski definition) is 4. The number of methoxy groups -OCH3 is 1. The van der Waals surface area contributed by atoms with Crippen LogP contribution in [0.2, 0.25) is 0 Å². The average molecular weight is 380 g/mol. The summed E-state index contributed by atoms with van der Waals surface area (Å²) < 4.78 is 11.1. The topological polar surface area (TPSA) is 67.9 Å². The van der Waals surface area contributed by atoms with Crippen LogP contribution in [-0.2, 0) is 16.0 Å². The maximum Gasteiger partial charge on any atom is 0.261 e. The molecular formula is C22H24N2O4. The molecule has 2 aromatic rings. The number of amides is 2. The van der Waals surface area contributed by atoms with Crippen molar-refractivity contribution in [3.8, 4) is 11.5 Å². The number of nitrogens with one attached hydrogen (secondary N) is 1. The summed E-state index contributed by atoms with van der Waals surface area (Å²) in [5.41, 5.74) is 2.96. The Morgan fingerprint density at radius 3 is 2.93 bits per heavy atom. The summed E-state index contributed by atoms with van der Waals surface area (Å²) in [7, 11) is 1.65. The fourth-order valence-corrected chi connectivity index (χ4v) is 3.94. The van der Waals surface area contributed by atoms with E-state index in [-0.39, 0.29) is 24.5 Å². The molecule has 2 amide bonds. The normalized spacial score (nSPS) is 18.4. The van der Waals surface area contributed by atoms with Crippen molar-refractivity contribution in [2.24, 2.45) is 0 Å². The largest absolute Gasteiger partial charge is 0.497 e. The minimum Gasteiger partial charge on any atom is -0.497 e. The third-order valence-electron chi connectivity index (χ3n) is 5.39. The molecule has 0 saturated carbocycles. The zero-order valence-corrected chi connectivity index (χ0v) is 15.9. The van der Waals surface area contributed by atoms with Gasteiger partial charge in [0, 0.05) is 18.7 Å². The standard InChI is InChI=1S/C22H24N2O4/c1-27-17-5-2-4-16(13-17)20-6-3-11-24(20)22(26)14-28-18-8-9-19-15(12-18)7-10-21(25)23-19/h2,4-5,8-9,12-13,20H,3,6-7,10-11,14H2,1H3,(H,23,25). The Kier molecular flexibility index (Phi) is 5.19. The lowest BCUT2D eigenvalue weighted by Gasteiger charge is -2.25. The van der Waals surface area contributed by atoms with Crippen LogP contribution in [0.4, 0.5) is 5.69 Å². The molecule has 28 heavy (non-hydrogen) atoms. The fourth-order valence-electron chi connectivity index (χ4n) is 3.94. The number of ether oxygens (including phenoxy) is 2. The summed E-state index contributed by atoms with van der Waals surface area (Å²) in [5.74, 6) is 1.47. The SMILES string of the molecule is COc1cccc(C2CCCN2C(=O)COc2ccc3c(c2)CCC(=O)N3)c1. The Morgan fingerprint density at radius 2 is 2.07 bits per heavy atom. The molecular weight excluding hydrogens is 356 g/mol. The third kappa shape index (κ3) is 3.81. The smallest absolute Gasteiger partial charge is 0.261 e. The van der Waals surface area contributed by atoms with Crippen LogP contribution in [0, 0.1) is 0 Å². The third-order valence-corrected chi connectivity index (χ3v) is 5.39. The van der Waals surface area contributed by atoms with E-state index in [0.717, 1.165) is 42.0 Å². The van der Waals surface area contributed by atoms with Crippen molar-refractivity contribution in [2.75, 3.05) is 25.6 Å². The molecule has 2 aromatic carbocycles. The second-order valence-electron chi connectivity index (χ2n) is 7.18. The molecule has 6 heteroatoms. The Hall–Kier alpha value is -3.02. The van der Waals surface area contributed by atoms with Crippen molar-refractivity contribution in [1.29, 1.82) is 0 Å². The van der Waals surface area contributed by atoms with Crippen LogP contribution >= 0.6 is 0 Å². The van der Waals surface area contributed by atoms with E-state index in [2.05, 4.69) is 5.32 Å². The second kappa shape index (κ2) is 7.92.